The van der Waals surface area contributed by atoms with Crippen molar-refractivity contribution in [3.05, 3.63) is 28.2 Å². The fraction of sp³-hybridized carbons (Fsp3) is 0.571. The number of rotatable bonds is 3. The van der Waals surface area contributed by atoms with Gasteiger partial charge in [0.05, 0.1) is 17.7 Å². The second-order valence-corrected chi connectivity index (χ2v) is 8.41. The molecular weight excluding hydrogens is 347 g/mol. The maximum atomic E-state index is 12.5. The molecule has 1 aromatic carbocycles. The van der Waals surface area contributed by atoms with Crippen LogP contribution >= 0.6 is 23.2 Å². The van der Waals surface area contributed by atoms with E-state index in [2.05, 4.69) is 9.62 Å². The number of hydrogen-bond acceptors (Lipinski definition) is 4. The Morgan fingerprint density at radius 3 is 2.82 bits per heavy atom. The van der Waals surface area contributed by atoms with E-state index in [0.717, 1.165) is 13.0 Å². The molecule has 2 heterocycles. The molecule has 0 bridgehead atoms. The van der Waals surface area contributed by atoms with Crippen LogP contribution < -0.4 is 4.72 Å². The third-order valence-electron chi connectivity index (χ3n) is 4.10. The number of nitrogens with one attached hydrogen (secondary N) is 1. The Kier molecular flexibility index (Phi) is 4.69. The minimum absolute atomic E-state index is 0.0630. The van der Waals surface area contributed by atoms with Crippen LogP contribution in [-0.2, 0) is 14.8 Å². The third kappa shape index (κ3) is 3.42. The average Bonchev–Trinajstić information content (AvgIpc) is 2.78. The molecular formula is C14H18Cl2N2O3S. The van der Waals surface area contributed by atoms with Gasteiger partial charge in [-0.15, -0.1) is 0 Å². The minimum Gasteiger partial charge on any atom is -0.376 e. The number of fused-ring (bicyclic) bond motifs is 1. The highest BCUT2D eigenvalue weighted by molar-refractivity contribution is 7.89. The monoisotopic (exact) mass is 364 g/mol. The molecule has 0 spiro atoms. The van der Waals surface area contributed by atoms with Crippen LogP contribution in [0.4, 0.5) is 0 Å². The average molecular weight is 365 g/mol. The van der Waals surface area contributed by atoms with E-state index in [9.17, 15) is 8.42 Å². The molecule has 2 aliphatic heterocycles. The molecule has 122 valence electrons. The number of morpholine rings is 1. The van der Waals surface area contributed by atoms with Crippen LogP contribution in [0.15, 0.2) is 23.1 Å². The fourth-order valence-corrected chi connectivity index (χ4v) is 5.11. The number of hydrogen-bond donors (Lipinski definition) is 1. The first-order valence-electron chi connectivity index (χ1n) is 7.18. The summed E-state index contributed by atoms with van der Waals surface area (Å²) in [6, 6.07) is 4.54. The first kappa shape index (κ1) is 16.5. The Hall–Kier alpha value is -0.370. The van der Waals surface area contributed by atoms with Gasteiger partial charge in [-0.1, -0.05) is 23.2 Å². The number of ether oxygens (including phenoxy) is 1. The first-order chi connectivity index (χ1) is 10.3. The summed E-state index contributed by atoms with van der Waals surface area (Å²) in [6.07, 6.45) is 0.939. The van der Waals surface area contributed by atoms with E-state index in [1.165, 1.54) is 18.2 Å². The third-order valence-corrected chi connectivity index (χ3v) is 6.34. The number of halogens is 2. The predicted molar refractivity (Wildman–Crippen MR) is 86.0 cm³/mol. The molecule has 3 rings (SSSR count). The number of sulfonamides is 1. The molecule has 0 radical (unpaired) electrons. The van der Waals surface area contributed by atoms with Crippen LogP contribution in [0.25, 0.3) is 0 Å². The highest BCUT2D eigenvalue weighted by Gasteiger charge is 2.38. The number of nitrogens with zero attached hydrogens (tertiary/aromatic N) is 1. The molecule has 2 fully saturated rings. The Morgan fingerprint density at radius 2 is 2.09 bits per heavy atom. The van der Waals surface area contributed by atoms with Crippen molar-refractivity contribution in [2.45, 2.75) is 36.4 Å². The van der Waals surface area contributed by atoms with Crippen molar-refractivity contribution in [2.24, 2.45) is 0 Å². The van der Waals surface area contributed by atoms with Crippen LogP contribution in [-0.4, -0.2) is 51.2 Å². The predicted octanol–water partition coefficient (Wildman–Crippen LogP) is 2.13. The summed E-state index contributed by atoms with van der Waals surface area (Å²) in [4.78, 5) is 2.35. The van der Waals surface area contributed by atoms with Gasteiger partial charge in [-0.2, -0.15) is 0 Å². The summed E-state index contributed by atoms with van der Waals surface area (Å²) in [5, 5.41) is 0.542. The van der Waals surface area contributed by atoms with Gasteiger partial charge in [0, 0.05) is 30.2 Å². The maximum absolute atomic E-state index is 12.5. The molecule has 5 nitrogen and oxygen atoms in total. The molecule has 1 N–H and O–H groups in total. The summed E-state index contributed by atoms with van der Waals surface area (Å²) >= 11 is 11.8. The highest BCUT2D eigenvalue weighted by atomic mass is 35.5. The zero-order valence-electron chi connectivity index (χ0n) is 12.1. The zero-order chi connectivity index (χ0) is 15.9. The molecule has 0 amide bonds. The van der Waals surface area contributed by atoms with Crippen LogP contribution in [0, 0.1) is 0 Å². The van der Waals surface area contributed by atoms with E-state index in [-0.39, 0.29) is 28.1 Å². The van der Waals surface area contributed by atoms with E-state index in [4.69, 9.17) is 27.9 Å². The van der Waals surface area contributed by atoms with Crippen LogP contribution in [0.1, 0.15) is 13.3 Å². The van der Waals surface area contributed by atoms with Crippen molar-refractivity contribution >= 4 is 33.2 Å². The van der Waals surface area contributed by atoms with Crippen molar-refractivity contribution < 1.29 is 13.2 Å². The van der Waals surface area contributed by atoms with E-state index < -0.39 is 10.0 Å². The van der Waals surface area contributed by atoms with E-state index in [1.54, 1.807) is 0 Å². The lowest BCUT2D eigenvalue weighted by atomic mass is 10.2. The van der Waals surface area contributed by atoms with Gasteiger partial charge >= 0.3 is 0 Å². The second-order valence-electron chi connectivity index (χ2n) is 5.88. The van der Waals surface area contributed by atoms with Gasteiger partial charge < -0.3 is 4.74 Å². The van der Waals surface area contributed by atoms with Crippen molar-refractivity contribution in [3.8, 4) is 0 Å². The Morgan fingerprint density at radius 1 is 1.32 bits per heavy atom. The van der Waals surface area contributed by atoms with Crippen molar-refractivity contribution in [3.63, 3.8) is 0 Å². The molecule has 2 saturated heterocycles. The Balaban J connectivity index is 1.73. The molecule has 8 heteroatoms. The first-order valence-corrected chi connectivity index (χ1v) is 9.42. The van der Waals surface area contributed by atoms with E-state index >= 15 is 0 Å². The van der Waals surface area contributed by atoms with E-state index in [0.29, 0.717) is 18.2 Å². The van der Waals surface area contributed by atoms with Crippen LogP contribution in [0.2, 0.25) is 10.0 Å². The summed E-state index contributed by atoms with van der Waals surface area (Å²) in [6.45, 7) is 4.22. The van der Waals surface area contributed by atoms with Gasteiger partial charge in [0.1, 0.15) is 4.90 Å². The lowest BCUT2D eigenvalue weighted by Gasteiger charge is -2.33. The van der Waals surface area contributed by atoms with Gasteiger partial charge in [0.2, 0.25) is 10.0 Å². The second kappa shape index (κ2) is 6.26. The quantitative estimate of drug-likeness (QED) is 0.892. The molecule has 2 aliphatic rings. The fourth-order valence-electron chi connectivity index (χ4n) is 3.10. The number of benzene rings is 1. The molecule has 0 unspecified atom stereocenters. The topological polar surface area (TPSA) is 58.6 Å². The zero-order valence-corrected chi connectivity index (χ0v) is 14.5. The lowest BCUT2D eigenvalue weighted by Crippen LogP contribution is -2.45. The largest absolute Gasteiger partial charge is 0.376 e. The normalized spacial score (nSPS) is 29.5. The maximum Gasteiger partial charge on any atom is 0.242 e. The van der Waals surface area contributed by atoms with Crippen molar-refractivity contribution in [2.75, 3.05) is 19.7 Å². The van der Waals surface area contributed by atoms with E-state index in [1.807, 2.05) is 6.92 Å². The van der Waals surface area contributed by atoms with Crippen molar-refractivity contribution in [1.82, 2.24) is 9.62 Å². The standard InChI is InChI=1S/C14H18Cl2N2O3S/c1-9-6-18-7-11(5-12(18)8-21-9)17-22(19,20)14-3-2-10(15)4-13(14)16/h2-4,9,11-12,17H,5-8H2,1H3/t9-,11+,12+/m1/s1. The summed E-state index contributed by atoms with van der Waals surface area (Å²) in [7, 11) is -3.66. The Bertz CT molecular complexity index is 668. The molecule has 0 aromatic heterocycles. The molecule has 0 saturated carbocycles. The molecule has 22 heavy (non-hydrogen) atoms. The molecule has 0 aliphatic carbocycles. The SMILES string of the molecule is C[C@@H]1CN2C[C@@H](NS(=O)(=O)c3ccc(Cl)cc3Cl)C[C@H]2CO1. The summed E-state index contributed by atoms with van der Waals surface area (Å²) in [5.74, 6) is 0. The van der Waals surface area contributed by atoms with Gasteiger partial charge in [0.25, 0.3) is 0 Å². The van der Waals surface area contributed by atoms with Gasteiger partial charge in [-0.25, -0.2) is 13.1 Å². The summed E-state index contributed by atoms with van der Waals surface area (Å²) in [5.41, 5.74) is 0. The van der Waals surface area contributed by atoms with Gasteiger partial charge in [-0.05, 0) is 31.5 Å². The smallest absolute Gasteiger partial charge is 0.242 e. The van der Waals surface area contributed by atoms with Gasteiger partial charge in [-0.3, -0.25) is 4.90 Å². The van der Waals surface area contributed by atoms with Gasteiger partial charge in [0.15, 0.2) is 0 Å². The van der Waals surface area contributed by atoms with Crippen LogP contribution in [0.5, 0.6) is 0 Å². The lowest BCUT2D eigenvalue weighted by molar-refractivity contribution is -0.0390. The van der Waals surface area contributed by atoms with Crippen molar-refractivity contribution in [1.29, 1.82) is 0 Å². The van der Waals surface area contributed by atoms with Crippen LogP contribution in [0.3, 0.4) is 0 Å². The molecule has 3 atom stereocenters. The minimum atomic E-state index is -3.66. The Labute approximate surface area is 140 Å². The molecule has 1 aromatic rings. The summed E-state index contributed by atoms with van der Waals surface area (Å²) < 4.78 is 33.4. The highest BCUT2D eigenvalue weighted by Crippen LogP contribution is 2.27.